The Bertz CT molecular complexity index is 516. The first-order chi connectivity index (χ1) is 9.54. The molecule has 20 heavy (non-hydrogen) atoms. The van der Waals surface area contributed by atoms with E-state index in [2.05, 4.69) is 4.90 Å². The largest absolute Gasteiger partial charge is 0.478 e. The van der Waals surface area contributed by atoms with E-state index in [1.54, 1.807) is 12.1 Å². The van der Waals surface area contributed by atoms with E-state index in [1.807, 2.05) is 6.92 Å². The Balaban J connectivity index is 2.04. The highest BCUT2D eigenvalue weighted by Gasteiger charge is 2.17. The molecule has 0 aliphatic carbocycles. The van der Waals surface area contributed by atoms with Crippen LogP contribution in [0.2, 0.25) is 0 Å². The van der Waals surface area contributed by atoms with Crippen molar-refractivity contribution in [3.8, 4) is 0 Å². The number of ether oxygens (including phenoxy) is 1. The summed E-state index contributed by atoms with van der Waals surface area (Å²) in [6.07, 6.45) is 2.55. The van der Waals surface area contributed by atoms with Gasteiger partial charge in [-0.3, -0.25) is 4.90 Å². The van der Waals surface area contributed by atoms with Crippen molar-refractivity contribution >= 4 is 12.0 Å². The number of morpholine rings is 1. The van der Waals surface area contributed by atoms with Crippen molar-refractivity contribution in [2.45, 2.75) is 19.6 Å². The van der Waals surface area contributed by atoms with E-state index in [-0.39, 0.29) is 11.9 Å². The van der Waals surface area contributed by atoms with Crippen LogP contribution in [0.25, 0.3) is 6.08 Å². The van der Waals surface area contributed by atoms with Crippen LogP contribution in [0.4, 0.5) is 4.39 Å². The topological polar surface area (TPSA) is 49.8 Å². The average molecular weight is 279 g/mol. The zero-order chi connectivity index (χ0) is 14.5. The van der Waals surface area contributed by atoms with Gasteiger partial charge in [0.1, 0.15) is 5.82 Å². The van der Waals surface area contributed by atoms with E-state index < -0.39 is 5.97 Å². The molecule has 1 saturated heterocycles. The maximum absolute atomic E-state index is 14.0. The zero-order valence-corrected chi connectivity index (χ0v) is 11.4. The Labute approximate surface area is 117 Å². The smallest absolute Gasteiger partial charge is 0.328 e. The minimum Gasteiger partial charge on any atom is -0.478 e. The summed E-state index contributed by atoms with van der Waals surface area (Å²) in [5, 5.41) is 8.54. The number of hydrogen-bond acceptors (Lipinski definition) is 3. The van der Waals surface area contributed by atoms with Crippen LogP contribution in [0.5, 0.6) is 0 Å². The summed E-state index contributed by atoms with van der Waals surface area (Å²) >= 11 is 0. The molecule has 0 saturated carbocycles. The van der Waals surface area contributed by atoms with Gasteiger partial charge in [-0.05, 0) is 24.6 Å². The van der Waals surface area contributed by atoms with E-state index in [0.29, 0.717) is 24.3 Å². The lowest BCUT2D eigenvalue weighted by atomic mass is 10.1. The summed E-state index contributed by atoms with van der Waals surface area (Å²) in [7, 11) is 0. The SMILES string of the molecule is CC1CN(Cc2ccc(C=CC(=O)O)cc2F)CCO1. The first kappa shape index (κ1) is 14.7. The van der Waals surface area contributed by atoms with E-state index in [1.165, 1.54) is 12.1 Å². The molecule has 4 nitrogen and oxygen atoms in total. The first-order valence-electron chi connectivity index (χ1n) is 6.58. The van der Waals surface area contributed by atoms with Crippen molar-refractivity contribution in [3.63, 3.8) is 0 Å². The monoisotopic (exact) mass is 279 g/mol. The molecule has 1 N–H and O–H groups in total. The molecule has 1 fully saturated rings. The Morgan fingerprint density at radius 2 is 2.40 bits per heavy atom. The van der Waals surface area contributed by atoms with Gasteiger partial charge in [-0.2, -0.15) is 0 Å². The van der Waals surface area contributed by atoms with Crippen molar-refractivity contribution in [2.24, 2.45) is 0 Å². The number of hydrogen-bond donors (Lipinski definition) is 1. The van der Waals surface area contributed by atoms with Gasteiger partial charge in [0.25, 0.3) is 0 Å². The summed E-state index contributed by atoms with van der Waals surface area (Å²) in [6, 6.07) is 4.79. The van der Waals surface area contributed by atoms with Gasteiger partial charge in [-0.25, -0.2) is 9.18 Å². The minimum atomic E-state index is -1.04. The van der Waals surface area contributed by atoms with Crippen LogP contribution in [0, 0.1) is 5.82 Å². The van der Waals surface area contributed by atoms with Gasteiger partial charge in [0.15, 0.2) is 0 Å². The Kier molecular flexibility index (Phi) is 4.87. The lowest BCUT2D eigenvalue weighted by Crippen LogP contribution is -2.40. The molecule has 2 rings (SSSR count). The van der Waals surface area contributed by atoms with Crippen LogP contribution in [0.1, 0.15) is 18.1 Å². The third-order valence-electron chi connectivity index (χ3n) is 3.21. The number of carboxylic acid groups (broad SMARTS) is 1. The van der Waals surface area contributed by atoms with Gasteiger partial charge in [0.2, 0.25) is 0 Å². The van der Waals surface area contributed by atoms with E-state index >= 15 is 0 Å². The molecule has 1 aliphatic heterocycles. The molecule has 0 spiro atoms. The standard InChI is InChI=1S/C15H18FNO3/c1-11-9-17(6-7-20-11)10-13-4-2-12(8-14(13)16)3-5-15(18)19/h2-5,8,11H,6-7,9-10H2,1H3,(H,18,19). The highest BCUT2D eigenvalue weighted by atomic mass is 19.1. The van der Waals surface area contributed by atoms with Gasteiger partial charge in [0, 0.05) is 31.3 Å². The van der Waals surface area contributed by atoms with Crippen LogP contribution >= 0.6 is 0 Å². The Morgan fingerprint density at radius 3 is 3.05 bits per heavy atom. The third kappa shape index (κ3) is 4.15. The molecule has 1 atom stereocenters. The second-order valence-electron chi connectivity index (χ2n) is 4.94. The quantitative estimate of drug-likeness (QED) is 0.858. The van der Waals surface area contributed by atoms with Crippen LogP contribution in [0.15, 0.2) is 24.3 Å². The molecule has 0 amide bonds. The van der Waals surface area contributed by atoms with Gasteiger partial charge in [-0.1, -0.05) is 12.1 Å². The molecule has 5 heteroatoms. The summed E-state index contributed by atoms with van der Waals surface area (Å²) < 4.78 is 19.4. The van der Waals surface area contributed by atoms with Crippen molar-refractivity contribution in [1.82, 2.24) is 4.90 Å². The Morgan fingerprint density at radius 1 is 1.60 bits per heavy atom. The molecular formula is C15H18FNO3. The lowest BCUT2D eigenvalue weighted by Gasteiger charge is -2.31. The number of benzene rings is 1. The fourth-order valence-corrected chi connectivity index (χ4v) is 2.24. The number of nitrogens with zero attached hydrogens (tertiary/aromatic N) is 1. The van der Waals surface area contributed by atoms with Gasteiger partial charge < -0.3 is 9.84 Å². The highest BCUT2D eigenvalue weighted by molar-refractivity contribution is 5.85. The van der Waals surface area contributed by atoms with Crippen molar-refractivity contribution in [2.75, 3.05) is 19.7 Å². The summed E-state index contributed by atoms with van der Waals surface area (Å²) in [4.78, 5) is 12.6. The maximum atomic E-state index is 14.0. The third-order valence-corrected chi connectivity index (χ3v) is 3.21. The molecule has 1 unspecified atom stereocenters. The molecule has 108 valence electrons. The predicted octanol–water partition coefficient (Wildman–Crippen LogP) is 2.14. The van der Waals surface area contributed by atoms with Crippen LogP contribution in [-0.2, 0) is 16.1 Å². The molecule has 0 radical (unpaired) electrons. The fraction of sp³-hybridized carbons (Fsp3) is 0.400. The fourth-order valence-electron chi connectivity index (χ4n) is 2.24. The normalized spacial score (nSPS) is 20.4. The van der Waals surface area contributed by atoms with Gasteiger partial charge in [0.05, 0.1) is 12.7 Å². The van der Waals surface area contributed by atoms with Crippen LogP contribution in [-0.4, -0.2) is 41.8 Å². The molecular weight excluding hydrogens is 261 g/mol. The molecule has 1 aromatic rings. The van der Waals surface area contributed by atoms with Crippen LogP contribution < -0.4 is 0 Å². The summed E-state index contributed by atoms with van der Waals surface area (Å²) in [5.74, 6) is -1.35. The summed E-state index contributed by atoms with van der Waals surface area (Å²) in [5.41, 5.74) is 1.16. The Hall–Kier alpha value is -1.72. The molecule has 0 bridgehead atoms. The van der Waals surface area contributed by atoms with Crippen molar-refractivity contribution in [1.29, 1.82) is 0 Å². The first-order valence-corrected chi connectivity index (χ1v) is 6.58. The average Bonchev–Trinajstić information content (AvgIpc) is 2.39. The lowest BCUT2D eigenvalue weighted by molar-refractivity contribution is -0.131. The van der Waals surface area contributed by atoms with Crippen LogP contribution in [0.3, 0.4) is 0 Å². The number of rotatable bonds is 4. The van der Waals surface area contributed by atoms with E-state index in [9.17, 15) is 9.18 Å². The highest BCUT2D eigenvalue weighted by Crippen LogP contribution is 2.16. The number of halogens is 1. The molecule has 0 aromatic heterocycles. The zero-order valence-electron chi connectivity index (χ0n) is 11.4. The predicted molar refractivity (Wildman–Crippen MR) is 73.8 cm³/mol. The number of aliphatic carboxylic acids is 1. The summed E-state index contributed by atoms with van der Waals surface area (Å²) in [6.45, 7) is 4.80. The molecule has 1 aliphatic rings. The van der Waals surface area contributed by atoms with E-state index in [4.69, 9.17) is 9.84 Å². The number of carboxylic acids is 1. The molecule has 1 aromatic carbocycles. The van der Waals surface area contributed by atoms with Crippen molar-refractivity contribution < 1.29 is 19.0 Å². The van der Waals surface area contributed by atoms with Gasteiger partial charge in [-0.15, -0.1) is 0 Å². The van der Waals surface area contributed by atoms with Gasteiger partial charge >= 0.3 is 5.97 Å². The maximum Gasteiger partial charge on any atom is 0.328 e. The van der Waals surface area contributed by atoms with E-state index in [0.717, 1.165) is 19.2 Å². The molecule has 1 heterocycles. The van der Waals surface area contributed by atoms with Crippen molar-refractivity contribution in [3.05, 3.63) is 41.2 Å². The second-order valence-corrected chi connectivity index (χ2v) is 4.94. The number of carbonyl (C=O) groups is 1. The minimum absolute atomic E-state index is 0.171. The second kappa shape index (κ2) is 6.63.